The van der Waals surface area contributed by atoms with Crippen molar-refractivity contribution in [2.75, 3.05) is 41.0 Å². The van der Waals surface area contributed by atoms with Crippen LogP contribution in [0.5, 0.6) is 0 Å². The Morgan fingerprint density at radius 1 is 0.456 bits per heavy atom. The van der Waals surface area contributed by atoms with Crippen LogP contribution in [0.25, 0.3) is 0 Å². The number of unbranched alkanes of at least 4 members (excludes halogenated alkanes) is 27. The van der Waals surface area contributed by atoms with Gasteiger partial charge in [0.15, 0.2) is 12.1 Å². The molecule has 0 aliphatic heterocycles. The SMILES string of the molecule is CC/C=C/C/C=C/C/C=C/C/C=C/CCCCCCCCCCCCC(=O)OC(COCCC(C(=O)O)[N+](C)(C)C)COC(=O)CCCCCCCCC/C=C/CCCCCCCCCCCC. The molecule has 2 atom stereocenters. The summed E-state index contributed by atoms with van der Waals surface area (Å²) in [6.07, 6.45) is 64.2. The van der Waals surface area contributed by atoms with Gasteiger partial charge in [0.05, 0.1) is 34.4 Å². The number of carboxylic acid groups (broad SMARTS) is 1. The largest absolute Gasteiger partial charge is 0.477 e. The quantitative estimate of drug-likeness (QED) is 0.0281. The predicted octanol–water partition coefficient (Wildman–Crippen LogP) is 16.9. The Hall–Kier alpha value is -2.97. The fourth-order valence-corrected chi connectivity index (χ4v) is 8.31. The molecule has 8 heteroatoms. The van der Waals surface area contributed by atoms with Crippen LogP contribution in [0.15, 0.2) is 60.8 Å². The molecule has 0 bridgehead atoms. The number of esters is 2. The third kappa shape index (κ3) is 48.1. The summed E-state index contributed by atoms with van der Waals surface area (Å²) in [6.45, 7) is 4.65. The molecule has 1 N–H and O–H groups in total. The molecule has 0 aromatic heterocycles. The molecule has 0 aliphatic carbocycles. The summed E-state index contributed by atoms with van der Waals surface area (Å²) in [5.74, 6) is -1.47. The molecule has 0 aromatic carbocycles. The number of allylic oxidation sites excluding steroid dienone is 10. The monoisotopic (exact) mass is 955 g/mol. The Morgan fingerprint density at radius 3 is 1.24 bits per heavy atom. The summed E-state index contributed by atoms with van der Waals surface area (Å²) in [5.41, 5.74) is 0. The second-order valence-corrected chi connectivity index (χ2v) is 20.2. The maximum Gasteiger partial charge on any atom is 0.362 e. The molecule has 0 fully saturated rings. The van der Waals surface area contributed by atoms with Gasteiger partial charge >= 0.3 is 17.9 Å². The molecule has 0 rings (SSSR count). The van der Waals surface area contributed by atoms with Crippen molar-refractivity contribution in [1.29, 1.82) is 0 Å². The van der Waals surface area contributed by atoms with Gasteiger partial charge in [-0.05, 0) is 77.0 Å². The number of nitrogens with zero attached hydrogens (tertiary/aromatic N) is 1. The number of ether oxygens (including phenoxy) is 3. The molecule has 0 aromatic rings. The van der Waals surface area contributed by atoms with E-state index in [1.54, 1.807) is 0 Å². The van der Waals surface area contributed by atoms with Gasteiger partial charge in [0.25, 0.3) is 0 Å². The zero-order valence-electron chi connectivity index (χ0n) is 45.1. The highest BCUT2D eigenvalue weighted by molar-refractivity contribution is 5.72. The third-order valence-corrected chi connectivity index (χ3v) is 12.7. The van der Waals surface area contributed by atoms with Gasteiger partial charge in [-0.15, -0.1) is 0 Å². The molecule has 0 saturated carbocycles. The van der Waals surface area contributed by atoms with E-state index in [4.69, 9.17) is 14.2 Å². The average molecular weight is 956 g/mol. The van der Waals surface area contributed by atoms with E-state index in [1.807, 2.05) is 21.1 Å². The molecule has 0 radical (unpaired) electrons. The average Bonchev–Trinajstić information content (AvgIpc) is 3.30. The zero-order valence-corrected chi connectivity index (χ0v) is 45.1. The normalized spacial score (nSPS) is 13.2. The van der Waals surface area contributed by atoms with Crippen molar-refractivity contribution >= 4 is 17.9 Å². The summed E-state index contributed by atoms with van der Waals surface area (Å²) < 4.78 is 17.4. The summed E-state index contributed by atoms with van der Waals surface area (Å²) in [7, 11) is 5.54. The van der Waals surface area contributed by atoms with Crippen LogP contribution in [0.2, 0.25) is 0 Å². The molecule has 394 valence electrons. The summed E-state index contributed by atoms with van der Waals surface area (Å²) in [4.78, 5) is 37.3. The highest BCUT2D eigenvalue weighted by Crippen LogP contribution is 2.16. The molecule has 0 aliphatic rings. The summed E-state index contributed by atoms with van der Waals surface area (Å²) in [6, 6.07) is -0.619. The van der Waals surface area contributed by atoms with Crippen LogP contribution >= 0.6 is 0 Å². The topological polar surface area (TPSA) is 99.1 Å². The van der Waals surface area contributed by atoms with Crippen LogP contribution in [0, 0.1) is 0 Å². The van der Waals surface area contributed by atoms with Crippen LogP contribution < -0.4 is 0 Å². The van der Waals surface area contributed by atoms with Gasteiger partial charge in [0.2, 0.25) is 0 Å². The van der Waals surface area contributed by atoms with E-state index in [0.717, 1.165) is 64.2 Å². The van der Waals surface area contributed by atoms with Crippen molar-refractivity contribution < 1.29 is 38.2 Å². The van der Waals surface area contributed by atoms with Crippen molar-refractivity contribution in [2.45, 2.75) is 264 Å². The fourth-order valence-electron chi connectivity index (χ4n) is 8.31. The van der Waals surface area contributed by atoms with E-state index in [-0.39, 0.29) is 36.2 Å². The second-order valence-electron chi connectivity index (χ2n) is 20.2. The second kappa shape index (κ2) is 50.4. The van der Waals surface area contributed by atoms with E-state index in [2.05, 4.69) is 74.6 Å². The first-order valence-corrected chi connectivity index (χ1v) is 28.3. The van der Waals surface area contributed by atoms with Gasteiger partial charge in [-0.3, -0.25) is 9.59 Å². The highest BCUT2D eigenvalue weighted by Gasteiger charge is 2.31. The van der Waals surface area contributed by atoms with E-state index < -0.39 is 18.1 Å². The lowest BCUT2D eigenvalue weighted by atomic mass is 10.0. The number of rotatable bonds is 51. The molecule has 8 nitrogen and oxygen atoms in total. The molecule has 0 amide bonds. The highest BCUT2D eigenvalue weighted by atomic mass is 16.6. The lowest BCUT2D eigenvalue weighted by Crippen LogP contribution is -2.50. The molecule has 68 heavy (non-hydrogen) atoms. The number of carboxylic acids is 1. The number of aliphatic carboxylic acids is 1. The van der Waals surface area contributed by atoms with Crippen molar-refractivity contribution in [3.63, 3.8) is 0 Å². The van der Waals surface area contributed by atoms with Crippen LogP contribution in [0.3, 0.4) is 0 Å². The maximum absolute atomic E-state index is 12.8. The summed E-state index contributed by atoms with van der Waals surface area (Å²) in [5, 5.41) is 9.68. The first kappa shape index (κ1) is 65.0. The number of carbonyl (C=O) groups excluding carboxylic acids is 2. The fraction of sp³-hybridized carbons (Fsp3) is 0.783. The van der Waals surface area contributed by atoms with E-state index in [0.29, 0.717) is 19.3 Å². The van der Waals surface area contributed by atoms with E-state index >= 15 is 0 Å². The maximum atomic E-state index is 12.8. The van der Waals surface area contributed by atoms with Crippen molar-refractivity contribution in [2.24, 2.45) is 0 Å². The Morgan fingerprint density at radius 2 is 0.824 bits per heavy atom. The third-order valence-electron chi connectivity index (χ3n) is 12.7. The van der Waals surface area contributed by atoms with E-state index in [9.17, 15) is 19.5 Å². The Labute approximate surface area is 419 Å². The van der Waals surface area contributed by atoms with E-state index in [1.165, 1.54) is 154 Å². The smallest absolute Gasteiger partial charge is 0.362 e. The van der Waals surface area contributed by atoms with Crippen LogP contribution in [0.1, 0.15) is 251 Å². The molecule has 0 heterocycles. The van der Waals surface area contributed by atoms with Gasteiger partial charge in [-0.25, -0.2) is 4.79 Å². The van der Waals surface area contributed by atoms with Crippen LogP contribution in [-0.2, 0) is 28.6 Å². The minimum absolute atomic E-state index is 0.0552. The Kier molecular flexibility index (Phi) is 48.2. The van der Waals surface area contributed by atoms with Crippen molar-refractivity contribution in [3.05, 3.63) is 60.8 Å². The molecule has 0 spiro atoms. The number of hydrogen-bond acceptors (Lipinski definition) is 6. The lowest BCUT2D eigenvalue weighted by molar-refractivity contribution is -0.887. The van der Waals surface area contributed by atoms with Gasteiger partial charge < -0.3 is 23.8 Å². The predicted molar refractivity (Wildman–Crippen MR) is 289 cm³/mol. The van der Waals surface area contributed by atoms with Gasteiger partial charge in [-0.2, -0.15) is 0 Å². The molecule has 0 saturated heterocycles. The Balaban J connectivity index is 4.19. The minimum Gasteiger partial charge on any atom is -0.477 e. The number of quaternary nitrogens is 1. The minimum atomic E-state index is -0.875. The van der Waals surface area contributed by atoms with Gasteiger partial charge in [-0.1, -0.05) is 216 Å². The number of likely N-dealkylation sites (N-methyl/N-ethyl adjacent to an activating group) is 1. The van der Waals surface area contributed by atoms with Gasteiger partial charge in [0.1, 0.15) is 6.61 Å². The standard InChI is InChI=1S/C60H107NO7/c1-6-8-10-12-14-16-18-20-22-24-26-28-29-31-33-35-37-39-41-43-45-47-49-51-59(63)68-56(54-66-53-52-57(60(64)65)61(3,4)5)55-67-58(62)50-48-46-44-42-40-38-36-34-32-30-27-25-23-21-19-17-15-13-11-9-7-2/h8,10,14,16,20,22,26,28,30,32,56-57H,6-7,9,11-13,15,17-19,21,23-25,27,29,31,33-55H2,1-5H3/p+1/b10-8+,16-14+,22-20+,28-26+,32-30+. The Bertz CT molecular complexity index is 1290. The molecular weight excluding hydrogens is 847 g/mol. The van der Waals surface area contributed by atoms with Crippen LogP contribution in [0.4, 0.5) is 0 Å². The lowest BCUT2D eigenvalue weighted by Gasteiger charge is -2.31. The first-order chi connectivity index (χ1) is 33.1. The molecular formula is C60H108NO7+. The van der Waals surface area contributed by atoms with Crippen LogP contribution in [-0.4, -0.2) is 80.6 Å². The zero-order chi connectivity index (χ0) is 49.9. The van der Waals surface area contributed by atoms with Crippen molar-refractivity contribution in [1.82, 2.24) is 0 Å². The number of hydrogen-bond donors (Lipinski definition) is 1. The van der Waals surface area contributed by atoms with Gasteiger partial charge in [0, 0.05) is 19.3 Å². The van der Waals surface area contributed by atoms with Crippen molar-refractivity contribution in [3.8, 4) is 0 Å². The first-order valence-electron chi connectivity index (χ1n) is 28.3. The number of carbonyl (C=O) groups is 3. The summed E-state index contributed by atoms with van der Waals surface area (Å²) >= 11 is 0. The molecule has 2 unspecified atom stereocenters.